The molecule has 8 heteroatoms. The van der Waals surface area contributed by atoms with Gasteiger partial charge in [0.2, 0.25) is 0 Å². The van der Waals surface area contributed by atoms with Gasteiger partial charge in [-0.05, 0) is 94.2 Å². The van der Waals surface area contributed by atoms with E-state index in [0.717, 1.165) is 47.8 Å². The number of thiazole rings is 1. The Bertz CT molecular complexity index is 1840. The molecule has 0 aliphatic carbocycles. The lowest BCUT2D eigenvalue weighted by atomic mass is 9.89. The summed E-state index contributed by atoms with van der Waals surface area (Å²) in [5.74, 6) is -0.0459. The summed E-state index contributed by atoms with van der Waals surface area (Å²) < 4.78 is 16.4. The number of likely N-dealkylation sites (tertiary alicyclic amines) is 1. The number of rotatable bonds is 6. The van der Waals surface area contributed by atoms with E-state index in [0.29, 0.717) is 21.8 Å². The van der Waals surface area contributed by atoms with Gasteiger partial charge in [0.05, 0.1) is 11.2 Å². The molecular formula is C34H33FN4O2S. The van der Waals surface area contributed by atoms with Gasteiger partial charge in [0.25, 0.3) is 5.56 Å². The number of piperidine rings is 1. The van der Waals surface area contributed by atoms with Crippen LogP contribution >= 0.6 is 11.3 Å². The molecule has 1 aliphatic rings. The van der Waals surface area contributed by atoms with Crippen LogP contribution < -0.4 is 5.56 Å². The number of hydrogen-bond acceptors (Lipinski definition) is 6. The van der Waals surface area contributed by atoms with E-state index in [4.69, 9.17) is 9.98 Å². The van der Waals surface area contributed by atoms with Gasteiger partial charge in [-0.15, -0.1) is 11.3 Å². The maximum atomic E-state index is 14.4. The van der Waals surface area contributed by atoms with Crippen LogP contribution in [0.25, 0.3) is 20.8 Å². The van der Waals surface area contributed by atoms with Gasteiger partial charge in [-0.1, -0.05) is 42.5 Å². The third-order valence-electron chi connectivity index (χ3n) is 8.19. The minimum Gasteiger partial charge on any atom is -0.508 e. The van der Waals surface area contributed by atoms with Crippen molar-refractivity contribution in [2.45, 2.75) is 38.6 Å². The molecule has 3 heterocycles. The lowest BCUT2D eigenvalue weighted by Gasteiger charge is -2.29. The zero-order valence-electron chi connectivity index (χ0n) is 23.9. The van der Waals surface area contributed by atoms with Crippen LogP contribution in [-0.2, 0) is 0 Å². The second-order valence-corrected chi connectivity index (χ2v) is 12.1. The Balaban J connectivity index is 1.40. The van der Waals surface area contributed by atoms with Crippen LogP contribution in [0.1, 0.15) is 48.4 Å². The summed E-state index contributed by atoms with van der Waals surface area (Å²) in [5, 5.41) is 11.5. The largest absolute Gasteiger partial charge is 0.508 e. The van der Waals surface area contributed by atoms with E-state index in [1.165, 1.54) is 39.7 Å². The average Bonchev–Trinajstić information content (AvgIpc) is 3.43. The Labute approximate surface area is 248 Å². The van der Waals surface area contributed by atoms with Crippen molar-refractivity contribution in [3.63, 3.8) is 0 Å². The fourth-order valence-corrected chi connectivity index (χ4v) is 6.76. The van der Waals surface area contributed by atoms with Gasteiger partial charge in [0, 0.05) is 23.0 Å². The second kappa shape index (κ2) is 11.6. The first-order chi connectivity index (χ1) is 20.3. The van der Waals surface area contributed by atoms with Crippen molar-refractivity contribution in [1.29, 1.82) is 0 Å². The van der Waals surface area contributed by atoms with E-state index in [1.807, 2.05) is 31.2 Å². The summed E-state index contributed by atoms with van der Waals surface area (Å²) in [6, 6.07) is 21.0. The van der Waals surface area contributed by atoms with Crippen LogP contribution in [-0.4, -0.2) is 45.4 Å². The molecule has 1 N–H and O–H groups in total. The highest BCUT2D eigenvalue weighted by Gasteiger charge is 2.25. The standard InChI is InChI=1S/C34H33FN4O2S/c1-21-6-4-5-7-28(21)36-22(2)31(27-20-26(35)12-13-30(27)40)39-19-16-29-32(34(39)41)42-33(37-29)25-10-8-23(9-11-25)24-14-17-38(3)18-15-24/h4-13,16,19-20,24,31,40H,14-15,17-18H2,1-3H3/b36-22+. The van der Waals surface area contributed by atoms with Crippen molar-refractivity contribution in [2.24, 2.45) is 4.99 Å². The van der Waals surface area contributed by atoms with E-state index in [2.05, 4.69) is 36.2 Å². The van der Waals surface area contributed by atoms with E-state index in [1.54, 1.807) is 19.2 Å². The molecule has 1 atom stereocenters. The number of nitrogens with zero attached hydrogens (tertiary/aromatic N) is 4. The van der Waals surface area contributed by atoms with Crippen molar-refractivity contribution in [3.8, 4) is 16.3 Å². The Morgan fingerprint density at radius 3 is 2.55 bits per heavy atom. The molecule has 0 saturated carbocycles. The summed E-state index contributed by atoms with van der Waals surface area (Å²) in [7, 11) is 2.17. The van der Waals surface area contributed by atoms with E-state index < -0.39 is 11.9 Å². The molecule has 6 nitrogen and oxygen atoms in total. The second-order valence-electron chi connectivity index (χ2n) is 11.1. The number of aromatic hydroxyl groups is 1. The van der Waals surface area contributed by atoms with Crippen molar-refractivity contribution in [1.82, 2.24) is 14.5 Å². The molecule has 42 heavy (non-hydrogen) atoms. The molecule has 0 amide bonds. The molecule has 0 spiro atoms. The van der Waals surface area contributed by atoms with Crippen molar-refractivity contribution < 1.29 is 9.50 Å². The summed E-state index contributed by atoms with van der Waals surface area (Å²) in [5.41, 5.74) is 5.16. The van der Waals surface area contributed by atoms with Gasteiger partial charge in [-0.25, -0.2) is 9.37 Å². The minimum absolute atomic E-state index is 0.109. The highest BCUT2D eigenvalue weighted by atomic mass is 32.1. The predicted molar refractivity (Wildman–Crippen MR) is 169 cm³/mol. The first-order valence-electron chi connectivity index (χ1n) is 14.2. The van der Waals surface area contributed by atoms with E-state index in [9.17, 15) is 14.3 Å². The van der Waals surface area contributed by atoms with Gasteiger partial charge < -0.3 is 14.6 Å². The topological polar surface area (TPSA) is 70.7 Å². The number of aromatic nitrogens is 2. The Kier molecular flexibility index (Phi) is 7.75. The number of aliphatic imine (C=N–C) groups is 1. The highest BCUT2D eigenvalue weighted by Crippen LogP contribution is 2.34. The van der Waals surface area contributed by atoms with Crippen molar-refractivity contribution in [3.05, 3.63) is 112 Å². The average molecular weight is 581 g/mol. The Morgan fingerprint density at radius 1 is 1.07 bits per heavy atom. The summed E-state index contributed by atoms with van der Waals surface area (Å²) >= 11 is 1.34. The lowest BCUT2D eigenvalue weighted by Crippen LogP contribution is -2.29. The molecule has 1 aliphatic heterocycles. The minimum atomic E-state index is -0.823. The van der Waals surface area contributed by atoms with Gasteiger partial charge in [0.1, 0.15) is 27.3 Å². The predicted octanol–water partition coefficient (Wildman–Crippen LogP) is 7.47. The summed E-state index contributed by atoms with van der Waals surface area (Å²) in [6.07, 6.45) is 3.97. The van der Waals surface area contributed by atoms with Gasteiger partial charge >= 0.3 is 0 Å². The van der Waals surface area contributed by atoms with Crippen LogP contribution in [0.2, 0.25) is 0 Å². The molecule has 0 bridgehead atoms. The quantitative estimate of drug-likeness (QED) is 0.212. The van der Waals surface area contributed by atoms with Crippen molar-refractivity contribution in [2.75, 3.05) is 20.1 Å². The number of para-hydroxylation sites is 1. The molecule has 0 radical (unpaired) electrons. The van der Waals surface area contributed by atoms with Crippen molar-refractivity contribution >= 4 is 33.0 Å². The molecule has 214 valence electrons. The zero-order valence-corrected chi connectivity index (χ0v) is 24.7. The van der Waals surface area contributed by atoms with Crippen LogP contribution in [0.5, 0.6) is 5.75 Å². The maximum Gasteiger partial charge on any atom is 0.271 e. The lowest BCUT2D eigenvalue weighted by molar-refractivity contribution is 0.255. The maximum absolute atomic E-state index is 14.4. The molecular weight excluding hydrogens is 547 g/mol. The Hall–Kier alpha value is -4.14. The first-order valence-corrected chi connectivity index (χ1v) is 15.0. The van der Waals surface area contributed by atoms with Gasteiger partial charge in [-0.3, -0.25) is 9.79 Å². The smallest absolute Gasteiger partial charge is 0.271 e. The summed E-state index contributed by atoms with van der Waals surface area (Å²) in [6.45, 7) is 5.97. The third-order valence-corrected chi connectivity index (χ3v) is 9.30. The fraction of sp³-hybridized carbons (Fsp3) is 0.265. The number of aryl methyl sites for hydroxylation is 1. The number of benzene rings is 3. The van der Waals surface area contributed by atoms with Crippen LogP contribution in [0.3, 0.4) is 0 Å². The molecule has 6 rings (SSSR count). The van der Waals surface area contributed by atoms with E-state index in [-0.39, 0.29) is 16.9 Å². The number of pyridine rings is 1. The van der Waals surface area contributed by atoms with Gasteiger partial charge in [0.15, 0.2) is 0 Å². The van der Waals surface area contributed by atoms with Crippen LogP contribution in [0.4, 0.5) is 10.1 Å². The number of phenolic OH excluding ortho intramolecular Hbond substituents is 1. The molecule has 3 aromatic carbocycles. The van der Waals surface area contributed by atoms with Crippen LogP contribution in [0.15, 0.2) is 88.8 Å². The molecule has 1 saturated heterocycles. The highest BCUT2D eigenvalue weighted by molar-refractivity contribution is 7.21. The Morgan fingerprint density at radius 2 is 1.81 bits per heavy atom. The van der Waals surface area contributed by atoms with E-state index >= 15 is 0 Å². The normalized spacial score (nSPS) is 15.8. The number of phenols is 1. The number of halogens is 1. The number of fused-ring (bicyclic) bond motifs is 1. The zero-order chi connectivity index (χ0) is 29.4. The monoisotopic (exact) mass is 580 g/mol. The van der Waals surface area contributed by atoms with Crippen LogP contribution in [0, 0.1) is 12.7 Å². The summed E-state index contributed by atoms with van der Waals surface area (Å²) in [4.78, 5) is 26.0. The SMILES string of the molecule is C/C(=N\c1ccccc1C)C(c1cc(F)ccc1O)n1ccc2nc(-c3ccc(C4CCN(C)CC4)cc3)sc2c1=O. The first kappa shape index (κ1) is 28.0. The fourth-order valence-electron chi connectivity index (χ4n) is 5.76. The van der Waals surface area contributed by atoms with Gasteiger partial charge in [-0.2, -0.15) is 0 Å². The molecule has 1 fully saturated rings. The molecule has 5 aromatic rings. The molecule has 2 aromatic heterocycles. The molecule has 1 unspecified atom stereocenters. The third kappa shape index (κ3) is 5.52. The number of hydrogen-bond donors (Lipinski definition) is 1.